The number of unbranched alkanes of at least 4 members (excludes halogenated alkanes) is 1. The SMILES string of the molecule is CCCCC(CC)CNc1cccc2c1CCCC2. The van der Waals surface area contributed by atoms with Crippen molar-refractivity contribution in [1.29, 1.82) is 0 Å². The Kier molecular flexibility index (Phi) is 5.75. The summed E-state index contributed by atoms with van der Waals surface area (Å²) in [6.45, 7) is 5.75. The summed E-state index contributed by atoms with van der Waals surface area (Å²) >= 11 is 0. The minimum Gasteiger partial charge on any atom is -0.385 e. The zero-order valence-corrected chi connectivity index (χ0v) is 12.7. The van der Waals surface area contributed by atoms with Crippen molar-refractivity contribution in [3.63, 3.8) is 0 Å². The van der Waals surface area contributed by atoms with E-state index in [9.17, 15) is 0 Å². The highest BCUT2D eigenvalue weighted by Crippen LogP contribution is 2.28. The number of nitrogens with one attached hydrogen (secondary N) is 1. The molecule has 0 saturated heterocycles. The Morgan fingerprint density at radius 1 is 1.16 bits per heavy atom. The molecule has 0 aliphatic heterocycles. The Hall–Kier alpha value is -0.980. The van der Waals surface area contributed by atoms with Crippen molar-refractivity contribution < 1.29 is 0 Å². The lowest BCUT2D eigenvalue weighted by Gasteiger charge is -2.22. The summed E-state index contributed by atoms with van der Waals surface area (Å²) in [7, 11) is 0. The Bertz CT molecular complexity index is 383. The lowest BCUT2D eigenvalue weighted by atomic mass is 9.90. The molecule has 1 N–H and O–H groups in total. The molecule has 2 rings (SSSR count). The maximum Gasteiger partial charge on any atom is 0.0375 e. The molecule has 1 aliphatic carbocycles. The first-order valence-electron chi connectivity index (χ1n) is 8.19. The summed E-state index contributed by atoms with van der Waals surface area (Å²) in [6, 6.07) is 6.81. The Labute approximate surface area is 118 Å². The molecule has 0 saturated carbocycles. The van der Waals surface area contributed by atoms with E-state index in [1.807, 2.05) is 0 Å². The van der Waals surface area contributed by atoms with E-state index in [1.165, 1.54) is 57.1 Å². The molecule has 0 radical (unpaired) electrons. The number of aryl methyl sites for hydroxylation is 1. The Morgan fingerprint density at radius 3 is 2.79 bits per heavy atom. The first kappa shape index (κ1) is 14.4. The van der Waals surface area contributed by atoms with Crippen LogP contribution in [0.3, 0.4) is 0 Å². The first-order valence-corrected chi connectivity index (χ1v) is 8.19. The van der Waals surface area contributed by atoms with Crippen LogP contribution in [-0.4, -0.2) is 6.54 Å². The van der Waals surface area contributed by atoms with Gasteiger partial charge in [-0.1, -0.05) is 45.2 Å². The number of hydrogen-bond acceptors (Lipinski definition) is 1. The average molecular weight is 259 g/mol. The molecule has 1 aromatic rings. The normalized spacial score (nSPS) is 15.9. The predicted octanol–water partition coefficient (Wildman–Crippen LogP) is 5.19. The van der Waals surface area contributed by atoms with Crippen molar-refractivity contribution in [2.24, 2.45) is 5.92 Å². The minimum atomic E-state index is 0.833. The molecule has 1 heteroatoms. The topological polar surface area (TPSA) is 12.0 Å². The zero-order chi connectivity index (χ0) is 13.5. The van der Waals surface area contributed by atoms with E-state index in [-0.39, 0.29) is 0 Å². The van der Waals surface area contributed by atoms with Gasteiger partial charge in [-0.3, -0.25) is 0 Å². The second kappa shape index (κ2) is 7.57. The van der Waals surface area contributed by atoms with Gasteiger partial charge in [0.15, 0.2) is 0 Å². The molecule has 1 nitrogen and oxygen atoms in total. The molecule has 0 spiro atoms. The third kappa shape index (κ3) is 3.99. The van der Waals surface area contributed by atoms with E-state index in [0.29, 0.717) is 0 Å². The van der Waals surface area contributed by atoms with Crippen molar-refractivity contribution in [2.75, 3.05) is 11.9 Å². The molecule has 1 aromatic carbocycles. The third-order valence-electron chi connectivity index (χ3n) is 4.52. The van der Waals surface area contributed by atoms with Crippen molar-refractivity contribution >= 4 is 5.69 Å². The van der Waals surface area contributed by atoms with Crippen LogP contribution >= 0.6 is 0 Å². The lowest BCUT2D eigenvalue weighted by molar-refractivity contribution is 0.472. The molecule has 106 valence electrons. The van der Waals surface area contributed by atoms with Gasteiger partial charge in [-0.2, -0.15) is 0 Å². The zero-order valence-electron chi connectivity index (χ0n) is 12.7. The summed E-state index contributed by atoms with van der Waals surface area (Å²) < 4.78 is 0. The second-order valence-corrected chi connectivity index (χ2v) is 5.95. The van der Waals surface area contributed by atoms with Crippen molar-refractivity contribution in [1.82, 2.24) is 0 Å². The van der Waals surface area contributed by atoms with Gasteiger partial charge >= 0.3 is 0 Å². The van der Waals surface area contributed by atoms with Crippen LogP contribution in [0.5, 0.6) is 0 Å². The summed E-state index contributed by atoms with van der Waals surface area (Å²) in [6.07, 6.45) is 10.6. The number of benzene rings is 1. The van der Waals surface area contributed by atoms with Gasteiger partial charge in [0, 0.05) is 12.2 Å². The van der Waals surface area contributed by atoms with Crippen LogP contribution in [-0.2, 0) is 12.8 Å². The number of anilines is 1. The van der Waals surface area contributed by atoms with Crippen LogP contribution in [0.15, 0.2) is 18.2 Å². The monoisotopic (exact) mass is 259 g/mol. The summed E-state index contributed by atoms with van der Waals surface area (Å²) in [5, 5.41) is 3.73. The molecular formula is C18H29N. The van der Waals surface area contributed by atoms with Gasteiger partial charge in [-0.15, -0.1) is 0 Å². The highest BCUT2D eigenvalue weighted by molar-refractivity contribution is 5.55. The van der Waals surface area contributed by atoms with Crippen LogP contribution in [0, 0.1) is 5.92 Å². The molecule has 0 aromatic heterocycles. The molecule has 1 unspecified atom stereocenters. The van der Waals surface area contributed by atoms with Crippen molar-refractivity contribution in [3.05, 3.63) is 29.3 Å². The third-order valence-corrected chi connectivity index (χ3v) is 4.52. The van der Waals surface area contributed by atoms with Crippen LogP contribution in [0.4, 0.5) is 5.69 Å². The fourth-order valence-corrected chi connectivity index (χ4v) is 3.14. The number of hydrogen-bond donors (Lipinski definition) is 1. The second-order valence-electron chi connectivity index (χ2n) is 5.95. The van der Waals surface area contributed by atoms with E-state index < -0.39 is 0 Å². The highest BCUT2D eigenvalue weighted by atomic mass is 14.9. The largest absolute Gasteiger partial charge is 0.385 e. The fourth-order valence-electron chi connectivity index (χ4n) is 3.14. The summed E-state index contributed by atoms with van der Waals surface area (Å²) in [5.74, 6) is 0.833. The van der Waals surface area contributed by atoms with Crippen LogP contribution in [0.1, 0.15) is 63.5 Å². The minimum absolute atomic E-state index is 0.833. The van der Waals surface area contributed by atoms with Gasteiger partial charge in [0.2, 0.25) is 0 Å². The fraction of sp³-hybridized carbons (Fsp3) is 0.667. The Morgan fingerprint density at radius 2 is 2.00 bits per heavy atom. The van der Waals surface area contributed by atoms with Crippen LogP contribution < -0.4 is 5.32 Å². The average Bonchev–Trinajstić information content (AvgIpc) is 2.47. The first-order chi connectivity index (χ1) is 9.35. The van der Waals surface area contributed by atoms with Gasteiger partial charge < -0.3 is 5.32 Å². The van der Waals surface area contributed by atoms with E-state index in [4.69, 9.17) is 0 Å². The van der Waals surface area contributed by atoms with Crippen LogP contribution in [0.25, 0.3) is 0 Å². The molecular weight excluding hydrogens is 230 g/mol. The van der Waals surface area contributed by atoms with Gasteiger partial charge in [-0.25, -0.2) is 0 Å². The molecule has 1 aliphatic rings. The van der Waals surface area contributed by atoms with Gasteiger partial charge in [0.1, 0.15) is 0 Å². The smallest absolute Gasteiger partial charge is 0.0375 e. The number of fused-ring (bicyclic) bond motifs is 1. The quantitative estimate of drug-likeness (QED) is 0.710. The number of rotatable bonds is 7. The lowest BCUT2D eigenvalue weighted by Crippen LogP contribution is -2.16. The van der Waals surface area contributed by atoms with Gasteiger partial charge in [0.05, 0.1) is 0 Å². The summed E-state index contributed by atoms with van der Waals surface area (Å²) in [5.41, 5.74) is 4.59. The Balaban J connectivity index is 1.95. The standard InChI is InChI=1S/C18H29N/c1-3-5-9-15(4-2)14-19-18-13-8-11-16-10-6-7-12-17(16)18/h8,11,13,15,19H,3-7,9-10,12,14H2,1-2H3. The van der Waals surface area contributed by atoms with E-state index in [2.05, 4.69) is 37.4 Å². The van der Waals surface area contributed by atoms with E-state index in [1.54, 1.807) is 11.1 Å². The van der Waals surface area contributed by atoms with Crippen LogP contribution in [0.2, 0.25) is 0 Å². The van der Waals surface area contributed by atoms with Crippen molar-refractivity contribution in [3.8, 4) is 0 Å². The maximum absolute atomic E-state index is 3.73. The van der Waals surface area contributed by atoms with Gasteiger partial charge in [-0.05, 0) is 55.2 Å². The summed E-state index contributed by atoms with van der Waals surface area (Å²) in [4.78, 5) is 0. The molecule has 0 amide bonds. The maximum atomic E-state index is 3.73. The molecule has 1 atom stereocenters. The predicted molar refractivity (Wildman–Crippen MR) is 84.9 cm³/mol. The van der Waals surface area contributed by atoms with E-state index >= 15 is 0 Å². The molecule has 0 heterocycles. The molecule has 0 fully saturated rings. The van der Waals surface area contributed by atoms with Gasteiger partial charge in [0.25, 0.3) is 0 Å². The highest BCUT2D eigenvalue weighted by Gasteiger charge is 2.13. The molecule has 0 bridgehead atoms. The van der Waals surface area contributed by atoms with E-state index in [0.717, 1.165) is 12.5 Å². The molecule has 19 heavy (non-hydrogen) atoms. The van der Waals surface area contributed by atoms with Crippen molar-refractivity contribution in [2.45, 2.75) is 65.2 Å².